The van der Waals surface area contributed by atoms with Crippen LogP contribution in [-0.2, 0) is 5.54 Å². The molecule has 0 saturated heterocycles. The minimum atomic E-state index is -0.941. The second kappa shape index (κ2) is 9.10. The fourth-order valence-electron chi connectivity index (χ4n) is 5.33. The molecule has 37 heavy (non-hydrogen) atoms. The first kappa shape index (κ1) is 22.8. The second-order valence-corrected chi connectivity index (χ2v) is 9.13. The molecule has 5 aromatic carbocycles. The Morgan fingerprint density at radius 2 is 1.19 bits per heavy atom. The van der Waals surface area contributed by atoms with Gasteiger partial charge in [-0.25, -0.2) is 8.78 Å². The van der Waals surface area contributed by atoms with Crippen LogP contribution in [0.15, 0.2) is 133 Å². The summed E-state index contributed by atoms with van der Waals surface area (Å²) >= 11 is 0. The Morgan fingerprint density at radius 1 is 0.649 bits per heavy atom. The number of hydrogen-bond donors (Lipinski definition) is 1. The molecule has 0 aromatic heterocycles. The normalized spacial score (nSPS) is 14.8. The number of anilines is 1. The van der Waals surface area contributed by atoms with Gasteiger partial charge in [-0.2, -0.15) is 0 Å². The van der Waals surface area contributed by atoms with Crippen LogP contribution < -0.4 is 5.73 Å². The summed E-state index contributed by atoms with van der Waals surface area (Å²) in [5.41, 5.74) is 9.97. The molecule has 1 heterocycles. The summed E-state index contributed by atoms with van der Waals surface area (Å²) in [7, 11) is 0. The Morgan fingerprint density at radius 3 is 1.70 bits per heavy atom. The fraction of sp³-hybridized carbons (Fsp3) is 0.0625. The average Bonchev–Trinajstić information content (AvgIpc) is 3.29. The molecule has 0 saturated carbocycles. The van der Waals surface area contributed by atoms with E-state index in [4.69, 9.17) is 10.8 Å². The largest absolute Gasteiger partial charge is 0.396 e. The summed E-state index contributed by atoms with van der Waals surface area (Å²) in [6.45, 7) is 0. The van der Waals surface area contributed by atoms with Crippen LogP contribution in [-0.4, -0.2) is 4.70 Å². The zero-order valence-electron chi connectivity index (χ0n) is 19.9. The van der Waals surface area contributed by atoms with E-state index in [-0.39, 0.29) is 11.5 Å². The first-order valence-electron chi connectivity index (χ1n) is 12.1. The molecule has 6 rings (SSSR count). The van der Waals surface area contributed by atoms with E-state index in [1.807, 2.05) is 65.4 Å². The maximum atomic E-state index is 15.1. The Hall–Kier alpha value is -4.64. The Kier molecular flexibility index (Phi) is 5.61. The third-order valence-corrected chi connectivity index (χ3v) is 6.96. The minimum Gasteiger partial charge on any atom is -0.396 e. The Bertz CT molecular complexity index is 1500. The van der Waals surface area contributed by atoms with Gasteiger partial charge in [0.2, 0.25) is 5.69 Å². The summed E-state index contributed by atoms with van der Waals surface area (Å²) in [5.74, 6) is -0.884. The lowest BCUT2D eigenvalue weighted by Crippen LogP contribution is -2.38. The number of halogens is 2. The maximum Gasteiger partial charge on any atom is 0.269 e. The van der Waals surface area contributed by atoms with Crippen molar-refractivity contribution in [1.82, 2.24) is 0 Å². The minimum absolute atomic E-state index is 0.0296. The number of azo groups is 2. The number of nitrogens with zero attached hydrogens (tertiary/aromatic N) is 2. The van der Waals surface area contributed by atoms with Gasteiger partial charge in [0.25, 0.3) is 5.54 Å². The monoisotopic (exact) mass is 488 g/mol. The number of nitrogen functional groups attached to an aromatic ring is 1. The van der Waals surface area contributed by atoms with Crippen molar-refractivity contribution in [2.75, 3.05) is 5.73 Å². The van der Waals surface area contributed by atoms with E-state index in [9.17, 15) is 4.39 Å². The number of benzene rings is 5. The van der Waals surface area contributed by atoms with Gasteiger partial charge >= 0.3 is 0 Å². The summed E-state index contributed by atoms with van der Waals surface area (Å²) in [6, 6.07) is 39.0. The Balaban J connectivity index is 1.74. The van der Waals surface area contributed by atoms with Crippen LogP contribution >= 0.6 is 0 Å². The number of fused-ring (bicyclic) bond motifs is 1. The van der Waals surface area contributed by atoms with Crippen LogP contribution in [0.4, 0.5) is 20.2 Å². The second-order valence-electron chi connectivity index (χ2n) is 9.13. The molecular weight excluding hydrogens is 464 g/mol. The van der Waals surface area contributed by atoms with Crippen LogP contribution in [0.2, 0.25) is 0 Å². The fourth-order valence-corrected chi connectivity index (χ4v) is 5.33. The smallest absolute Gasteiger partial charge is 0.269 e. The van der Waals surface area contributed by atoms with E-state index in [0.717, 1.165) is 22.3 Å². The highest BCUT2D eigenvalue weighted by atomic mass is 19.1. The third-order valence-electron chi connectivity index (χ3n) is 6.96. The van der Waals surface area contributed by atoms with Crippen LogP contribution in [0.25, 0.3) is 0 Å². The summed E-state index contributed by atoms with van der Waals surface area (Å²) in [6.07, 6.45) is 0. The lowest BCUT2D eigenvalue weighted by molar-refractivity contribution is -0.578. The van der Waals surface area contributed by atoms with Gasteiger partial charge in [-0.1, -0.05) is 108 Å². The van der Waals surface area contributed by atoms with E-state index in [1.54, 1.807) is 12.1 Å². The van der Waals surface area contributed by atoms with E-state index in [0.29, 0.717) is 11.3 Å². The summed E-state index contributed by atoms with van der Waals surface area (Å²) in [4.78, 5) is 0. The predicted molar refractivity (Wildman–Crippen MR) is 141 cm³/mol. The molecule has 1 atom stereocenters. The van der Waals surface area contributed by atoms with Crippen LogP contribution in [0.5, 0.6) is 0 Å². The van der Waals surface area contributed by atoms with Gasteiger partial charge in [0.05, 0.1) is 17.3 Å². The number of hydrogen-bond acceptors (Lipinski definition) is 2. The van der Waals surface area contributed by atoms with Crippen molar-refractivity contribution in [2.24, 2.45) is 5.11 Å². The molecule has 3 nitrogen and oxygen atoms in total. The average molecular weight is 489 g/mol. The van der Waals surface area contributed by atoms with Crippen molar-refractivity contribution in [1.29, 1.82) is 0 Å². The molecule has 0 radical (unpaired) electrons. The lowest BCUT2D eigenvalue weighted by atomic mass is 9.76. The highest BCUT2D eigenvalue weighted by molar-refractivity contribution is 5.59. The first-order valence-corrected chi connectivity index (χ1v) is 12.1. The van der Waals surface area contributed by atoms with Crippen molar-refractivity contribution in [3.63, 3.8) is 0 Å². The first-order chi connectivity index (χ1) is 18.1. The van der Waals surface area contributed by atoms with E-state index in [1.165, 1.54) is 18.2 Å². The zero-order chi connectivity index (χ0) is 25.4. The standard InChI is InChI=1S/C32H24F2N3/c33-26-18-10-11-22(19-26)31-27-20-29(35)28(34)21-30(27)37(36-31)32(23-12-4-1-5-13-23,24-14-6-2-7-15-24)25-16-8-3-9-17-25/h1-21,31H,35H2/q+1. The number of nitrogens with two attached hydrogens (primary N) is 1. The van der Waals surface area contributed by atoms with Gasteiger partial charge in [0.1, 0.15) is 5.82 Å². The summed E-state index contributed by atoms with van der Waals surface area (Å²) < 4.78 is 31.3. The highest BCUT2D eigenvalue weighted by Gasteiger charge is 2.54. The quantitative estimate of drug-likeness (QED) is 0.153. The van der Waals surface area contributed by atoms with Crippen molar-refractivity contribution in [3.05, 3.63) is 167 Å². The predicted octanol–water partition coefficient (Wildman–Crippen LogP) is 7.74. The van der Waals surface area contributed by atoms with Gasteiger partial charge in [-0.05, 0) is 28.9 Å². The number of rotatable bonds is 5. The molecule has 5 heteroatoms. The van der Waals surface area contributed by atoms with Crippen molar-refractivity contribution < 1.29 is 13.5 Å². The molecule has 0 bridgehead atoms. The SMILES string of the molecule is Nc1cc2c(cc1F)[N+](C(c1ccccc1)(c1ccccc1)c1ccccc1)=NC2c1cccc(F)c1. The van der Waals surface area contributed by atoms with Crippen molar-refractivity contribution in [3.8, 4) is 0 Å². The van der Waals surface area contributed by atoms with Gasteiger partial charge in [-0.15, -0.1) is 0 Å². The van der Waals surface area contributed by atoms with Crippen molar-refractivity contribution in [2.45, 2.75) is 11.6 Å². The lowest BCUT2D eigenvalue weighted by Gasteiger charge is -2.29. The van der Waals surface area contributed by atoms with Crippen LogP contribution in [0.3, 0.4) is 0 Å². The Labute approximate surface area is 214 Å². The highest BCUT2D eigenvalue weighted by Crippen LogP contribution is 2.51. The molecule has 0 aliphatic carbocycles. The molecular formula is C32H24F2N3+. The molecule has 180 valence electrons. The molecule has 1 unspecified atom stereocenters. The molecule has 1 aliphatic rings. The van der Waals surface area contributed by atoms with Crippen LogP contribution in [0.1, 0.15) is 33.9 Å². The van der Waals surface area contributed by atoms with Gasteiger partial charge in [0, 0.05) is 16.7 Å². The maximum absolute atomic E-state index is 15.1. The van der Waals surface area contributed by atoms with E-state index >= 15 is 4.39 Å². The summed E-state index contributed by atoms with van der Waals surface area (Å²) in [5, 5.41) is 5.20. The van der Waals surface area contributed by atoms with E-state index < -0.39 is 17.4 Å². The zero-order valence-corrected chi connectivity index (χ0v) is 19.9. The molecule has 5 aromatic rings. The molecule has 0 amide bonds. The van der Waals surface area contributed by atoms with Gasteiger partial charge in [-0.3, -0.25) is 0 Å². The molecule has 0 spiro atoms. The van der Waals surface area contributed by atoms with Crippen LogP contribution in [0, 0.1) is 11.6 Å². The molecule has 0 fully saturated rings. The van der Waals surface area contributed by atoms with Gasteiger partial charge in [0.15, 0.2) is 11.9 Å². The van der Waals surface area contributed by atoms with Gasteiger partial charge < -0.3 is 5.73 Å². The van der Waals surface area contributed by atoms with Crippen molar-refractivity contribution >= 4 is 11.4 Å². The third kappa shape index (κ3) is 3.71. The topological polar surface area (TPSA) is 41.4 Å². The van der Waals surface area contributed by atoms with E-state index in [2.05, 4.69) is 36.4 Å². The molecule has 2 N–H and O–H groups in total. The molecule has 1 aliphatic heterocycles.